The number of rotatable bonds is 3. The molecule has 17 heavy (non-hydrogen) atoms. The zero-order valence-corrected chi connectivity index (χ0v) is 10.3. The van der Waals surface area contributed by atoms with Crippen molar-refractivity contribution < 1.29 is 0 Å². The largest absolute Gasteiger partial charge is 0.368 e. The highest BCUT2D eigenvalue weighted by Crippen LogP contribution is 2.33. The van der Waals surface area contributed by atoms with Crippen molar-refractivity contribution in [2.45, 2.75) is 27.2 Å². The van der Waals surface area contributed by atoms with Gasteiger partial charge >= 0.3 is 5.69 Å². The van der Waals surface area contributed by atoms with Crippen molar-refractivity contribution in [3.63, 3.8) is 0 Å². The molecule has 2 rings (SSSR count). The Bertz CT molecular complexity index is 513. The minimum absolute atomic E-state index is 0.355. The number of nitrogens with one attached hydrogen (secondary N) is 4. The zero-order chi connectivity index (χ0) is 12.4. The third kappa shape index (κ3) is 2.25. The normalized spacial score (nSPS) is 12.8. The zero-order valence-electron chi connectivity index (χ0n) is 10.3. The van der Waals surface area contributed by atoms with E-state index in [4.69, 9.17) is 0 Å². The number of hydrogen-bond donors (Lipinski definition) is 4. The third-order valence-corrected chi connectivity index (χ3v) is 2.47. The Morgan fingerprint density at radius 2 is 2.12 bits per heavy atom. The van der Waals surface area contributed by atoms with E-state index in [1.165, 1.54) is 0 Å². The van der Waals surface area contributed by atoms with Crippen LogP contribution in [0.5, 0.6) is 0 Å². The molecule has 92 valence electrons. The minimum Gasteiger partial charge on any atom is -0.368 e. The van der Waals surface area contributed by atoms with E-state index in [1.807, 2.05) is 13.8 Å². The third-order valence-electron chi connectivity index (χ3n) is 2.47. The Kier molecular flexibility index (Phi) is 3.03. The second kappa shape index (κ2) is 4.48. The van der Waals surface area contributed by atoms with E-state index in [1.54, 1.807) is 0 Å². The number of nitrogens with zero attached hydrogens (tertiary/aromatic N) is 1. The summed E-state index contributed by atoms with van der Waals surface area (Å²) in [7, 11) is 0. The van der Waals surface area contributed by atoms with Crippen LogP contribution in [-0.4, -0.2) is 16.5 Å². The van der Waals surface area contributed by atoms with Crippen molar-refractivity contribution in [3.05, 3.63) is 21.9 Å². The lowest BCUT2D eigenvalue weighted by Gasteiger charge is -2.07. The molecule has 1 aromatic heterocycles. The van der Waals surface area contributed by atoms with E-state index in [-0.39, 0.29) is 5.69 Å². The molecule has 0 saturated carbocycles. The van der Waals surface area contributed by atoms with Crippen LogP contribution in [0.3, 0.4) is 0 Å². The molecule has 4 N–H and O–H groups in total. The van der Waals surface area contributed by atoms with Crippen LogP contribution in [0.15, 0.2) is 16.2 Å². The van der Waals surface area contributed by atoms with Crippen molar-refractivity contribution in [3.8, 4) is 0 Å². The highest BCUT2D eigenvalue weighted by molar-refractivity contribution is 5.84. The molecule has 0 amide bonds. The number of H-pyrrole nitrogens is 1. The van der Waals surface area contributed by atoms with Gasteiger partial charge in [0.25, 0.3) is 0 Å². The Morgan fingerprint density at radius 1 is 1.35 bits per heavy atom. The van der Waals surface area contributed by atoms with E-state index in [0.717, 1.165) is 30.0 Å². The average Bonchev–Trinajstić information content (AvgIpc) is 2.69. The van der Waals surface area contributed by atoms with Crippen molar-refractivity contribution in [1.29, 1.82) is 0 Å². The summed E-state index contributed by atoms with van der Waals surface area (Å²) in [4.78, 5) is 18.0. The molecule has 0 fully saturated rings. The first-order chi connectivity index (χ1) is 8.11. The first kappa shape index (κ1) is 11.5. The molecule has 0 saturated heterocycles. The highest BCUT2D eigenvalue weighted by Gasteiger charge is 2.20. The first-order valence-corrected chi connectivity index (χ1v) is 5.71. The van der Waals surface area contributed by atoms with Gasteiger partial charge in [-0.15, -0.1) is 0 Å². The van der Waals surface area contributed by atoms with Crippen molar-refractivity contribution in [2.75, 3.05) is 22.5 Å². The fraction of sp³-hybridized carbons (Fsp3) is 0.455. The van der Waals surface area contributed by atoms with Gasteiger partial charge in [0.2, 0.25) is 0 Å². The Hall–Kier alpha value is -1.98. The van der Waals surface area contributed by atoms with Crippen LogP contribution >= 0.6 is 0 Å². The quantitative estimate of drug-likeness (QED) is 0.641. The molecule has 6 heteroatoms. The van der Waals surface area contributed by atoms with Crippen LogP contribution in [0.1, 0.15) is 27.2 Å². The first-order valence-electron chi connectivity index (χ1n) is 5.71. The SMILES string of the molecule is CCCNc1nc(=O)[nH]c2c1NC(=C(C)C)N2. The Morgan fingerprint density at radius 3 is 2.76 bits per heavy atom. The van der Waals surface area contributed by atoms with Crippen LogP contribution in [0.25, 0.3) is 0 Å². The van der Waals surface area contributed by atoms with Gasteiger partial charge in [-0.05, 0) is 25.8 Å². The fourth-order valence-corrected chi connectivity index (χ4v) is 1.59. The summed E-state index contributed by atoms with van der Waals surface area (Å²) in [5, 5.41) is 9.48. The van der Waals surface area contributed by atoms with Gasteiger partial charge < -0.3 is 16.0 Å². The molecule has 1 aromatic rings. The van der Waals surface area contributed by atoms with Crippen molar-refractivity contribution in [2.24, 2.45) is 0 Å². The summed E-state index contributed by atoms with van der Waals surface area (Å²) in [6.07, 6.45) is 0.978. The summed E-state index contributed by atoms with van der Waals surface area (Å²) < 4.78 is 0. The number of aromatic amines is 1. The lowest BCUT2D eigenvalue weighted by Crippen LogP contribution is -2.15. The number of fused-ring (bicyclic) bond motifs is 1. The minimum atomic E-state index is -0.355. The van der Waals surface area contributed by atoms with Crippen LogP contribution < -0.4 is 21.6 Å². The maximum absolute atomic E-state index is 11.4. The Balaban J connectivity index is 2.39. The molecular formula is C11H17N5O. The highest BCUT2D eigenvalue weighted by atomic mass is 16.1. The summed E-state index contributed by atoms with van der Waals surface area (Å²) in [5.74, 6) is 2.15. The molecule has 0 aromatic carbocycles. The standard InChI is InChI=1S/C11H17N5O/c1-4-5-12-9-7-10(16-11(17)15-9)14-8(13-7)6(2)3/h13H,4-5H2,1-3H3,(H3,12,14,15,16,17). The lowest BCUT2D eigenvalue weighted by molar-refractivity contribution is 0.960. The van der Waals surface area contributed by atoms with Gasteiger partial charge in [0.05, 0.1) is 0 Å². The maximum atomic E-state index is 11.4. The van der Waals surface area contributed by atoms with Crippen LogP contribution in [-0.2, 0) is 0 Å². The van der Waals surface area contributed by atoms with Gasteiger partial charge in [0.15, 0.2) is 5.82 Å². The van der Waals surface area contributed by atoms with E-state index in [9.17, 15) is 4.79 Å². The molecule has 0 aliphatic carbocycles. The molecule has 0 spiro atoms. The summed E-state index contributed by atoms with van der Waals surface area (Å²) >= 11 is 0. The number of aromatic nitrogens is 2. The van der Waals surface area contributed by atoms with Gasteiger partial charge in [-0.2, -0.15) is 4.98 Å². The van der Waals surface area contributed by atoms with Gasteiger partial charge in [0, 0.05) is 6.54 Å². The maximum Gasteiger partial charge on any atom is 0.348 e. The van der Waals surface area contributed by atoms with Crippen LogP contribution in [0.2, 0.25) is 0 Å². The summed E-state index contributed by atoms with van der Waals surface area (Å²) in [5.41, 5.74) is 1.56. The molecule has 0 unspecified atom stereocenters. The molecule has 1 aliphatic rings. The number of hydrogen-bond acceptors (Lipinski definition) is 5. The predicted molar refractivity (Wildman–Crippen MR) is 69.3 cm³/mol. The van der Waals surface area contributed by atoms with Gasteiger partial charge in [0.1, 0.15) is 17.3 Å². The molecule has 0 radical (unpaired) electrons. The Labute approximate surface area is 99.5 Å². The van der Waals surface area contributed by atoms with Gasteiger partial charge in [-0.25, -0.2) is 4.79 Å². The van der Waals surface area contributed by atoms with Crippen molar-refractivity contribution >= 4 is 17.3 Å². The summed E-state index contributed by atoms with van der Waals surface area (Å²) in [6, 6.07) is 0. The molecule has 0 atom stereocenters. The van der Waals surface area contributed by atoms with E-state index >= 15 is 0 Å². The average molecular weight is 235 g/mol. The number of allylic oxidation sites excluding steroid dienone is 1. The van der Waals surface area contributed by atoms with Crippen LogP contribution in [0, 0.1) is 0 Å². The molecule has 2 heterocycles. The van der Waals surface area contributed by atoms with Crippen LogP contribution in [0.4, 0.5) is 17.3 Å². The predicted octanol–water partition coefficient (Wildman–Crippen LogP) is 1.68. The molecular weight excluding hydrogens is 218 g/mol. The van der Waals surface area contributed by atoms with Gasteiger partial charge in [-0.1, -0.05) is 6.92 Å². The fourth-order valence-electron chi connectivity index (χ4n) is 1.59. The molecule has 0 bridgehead atoms. The second-order valence-corrected chi connectivity index (χ2v) is 4.19. The molecule has 6 nitrogen and oxygen atoms in total. The van der Waals surface area contributed by atoms with Gasteiger partial charge in [-0.3, -0.25) is 4.98 Å². The second-order valence-electron chi connectivity index (χ2n) is 4.19. The van der Waals surface area contributed by atoms with E-state index in [0.29, 0.717) is 11.6 Å². The van der Waals surface area contributed by atoms with E-state index < -0.39 is 0 Å². The number of anilines is 3. The monoisotopic (exact) mass is 235 g/mol. The smallest absolute Gasteiger partial charge is 0.348 e. The summed E-state index contributed by atoms with van der Waals surface area (Å²) in [6.45, 7) is 6.83. The van der Waals surface area contributed by atoms with E-state index in [2.05, 4.69) is 32.8 Å². The lowest BCUT2D eigenvalue weighted by atomic mass is 10.3. The topological polar surface area (TPSA) is 81.8 Å². The molecule has 1 aliphatic heterocycles. The van der Waals surface area contributed by atoms with Crippen molar-refractivity contribution in [1.82, 2.24) is 9.97 Å².